The third kappa shape index (κ3) is 1.88. The van der Waals surface area contributed by atoms with E-state index in [4.69, 9.17) is 0 Å². The first kappa shape index (κ1) is 11.9. The fourth-order valence-corrected chi connectivity index (χ4v) is 3.79. The van der Waals surface area contributed by atoms with E-state index in [1.807, 2.05) is 0 Å². The zero-order valence-electron chi connectivity index (χ0n) is 11.2. The predicted octanol–water partition coefficient (Wildman–Crippen LogP) is 3.99. The maximum Gasteiger partial charge on any atom is 0.147 e. The molecule has 1 saturated carbocycles. The molecule has 3 nitrogen and oxygen atoms in total. The summed E-state index contributed by atoms with van der Waals surface area (Å²) in [5, 5.41) is 5.80. The number of rotatable bonds is 2. The fraction of sp³-hybridized carbons (Fsp3) is 0.571. The second-order valence-electron chi connectivity index (χ2n) is 5.90. The monoisotopic (exact) mass is 261 g/mol. The molecule has 1 fully saturated rings. The molecule has 0 saturated heterocycles. The van der Waals surface area contributed by atoms with E-state index in [0.29, 0.717) is 11.5 Å². The number of fused-ring (bicyclic) bond motifs is 1. The van der Waals surface area contributed by atoms with E-state index in [9.17, 15) is 0 Å². The van der Waals surface area contributed by atoms with Crippen LogP contribution in [0.4, 0.5) is 5.82 Å². The van der Waals surface area contributed by atoms with E-state index in [-0.39, 0.29) is 0 Å². The number of anilines is 1. The third-order valence-electron chi connectivity index (χ3n) is 4.10. The Morgan fingerprint density at radius 2 is 2.22 bits per heavy atom. The fourth-order valence-electron chi connectivity index (χ4n) is 2.83. The highest BCUT2D eigenvalue weighted by molar-refractivity contribution is 7.18. The van der Waals surface area contributed by atoms with Gasteiger partial charge in [-0.05, 0) is 36.1 Å². The molecule has 0 aromatic carbocycles. The van der Waals surface area contributed by atoms with Gasteiger partial charge in [-0.1, -0.05) is 20.3 Å². The van der Waals surface area contributed by atoms with Crippen LogP contribution in [0.15, 0.2) is 11.7 Å². The molecular weight excluding hydrogens is 242 g/mol. The second-order valence-corrected chi connectivity index (χ2v) is 6.78. The minimum absolute atomic E-state index is 0.365. The number of hydrogen-bond acceptors (Lipinski definition) is 4. The topological polar surface area (TPSA) is 37.8 Å². The van der Waals surface area contributed by atoms with Crippen molar-refractivity contribution in [3.8, 4) is 0 Å². The Morgan fingerprint density at radius 1 is 1.39 bits per heavy atom. The lowest BCUT2D eigenvalue weighted by atomic mass is 9.87. The molecule has 0 aliphatic heterocycles. The summed E-state index contributed by atoms with van der Waals surface area (Å²) in [5.74, 6) is 1.01. The largest absolute Gasteiger partial charge is 0.366 e. The van der Waals surface area contributed by atoms with Crippen molar-refractivity contribution in [2.45, 2.75) is 46.1 Å². The minimum Gasteiger partial charge on any atom is -0.366 e. The lowest BCUT2D eigenvalue weighted by Crippen LogP contribution is -2.31. The molecule has 18 heavy (non-hydrogen) atoms. The van der Waals surface area contributed by atoms with Gasteiger partial charge in [-0.2, -0.15) is 0 Å². The van der Waals surface area contributed by atoms with E-state index in [1.54, 1.807) is 17.7 Å². The van der Waals surface area contributed by atoms with Crippen LogP contribution in [-0.4, -0.2) is 16.0 Å². The highest BCUT2D eigenvalue weighted by Crippen LogP contribution is 2.40. The number of thiophene rings is 1. The van der Waals surface area contributed by atoms with E-state index < -0.39 is 0 Å². The zero-order valence-corrected chi connectivity index (χ0v) is 12.0. The molecule has 1 unspecified atom stereocenters. The quantitative estimate of drug-likeness (QED) is 0.888. The van der Waals surface area contributed by atoms with E-state index in [1.165, 1.54) is 29.5 Å². The summed E-state index contributed by atoms with van der Waals surface area (Å²) in [4.78, 5) is 8.81. The summed E-state index contributed by atoms with van der Waals surface area (Å²) in [7, 11) is 0. The van der Waals surface area contributed by atoms with E-state index >= 15 is 0 Å². The molecule has 2 heterocycles. The maximum atomic E-state index is 4.44. The Balaban J connectivity index is 1.95. The first-order chi connectivity index (χ1) is 8.58. The highest BCUT2D eigenvalue weighted by atomic mass is 32.1. The molecule has 0 radical (unpaired) electrons. The molecule has 1 N–H and O–H groups in total. The Morgan fingerprint density at radius 3 is 2.94 bits per heavy atom. The smallest absolute Gasteiger partial charge is 0.147 e. The van der Waals surface area contributed by atoms with Crippen molar-refractivity contribution in [2.24, 2.45) is 5.41 Å². The molecule has 1 atom stereocenters. The zero-order chi connectivity index (χ0) is 12.8. The summed E-state index contributed by atoms with van der Waals surface area (Å²) in [6.07, 6.45) is 5.51. The van der Waals surface area contributed by atoms with Crippen molar-refractivity contribution in [3.05, 3.63) is 17.3 Å². The standard InChI is InChI=1S/C14H19N3S/c1-9-7-18-12-11(9)15-8-16-13(12)17-10-5-4-6-14(10,2)3/h7-8,10H,4-6H2,1-3H3,(H,15,16,17). The van der Waals surface area contributed by atoms with Gasteiger partial charge in [0.1, 0.15) is 12.1 Å². The molecule has 0 amide bonds. The lowest BCUT2D eigenvalue weighted by Gasteiger charge is -2.28. The van der Waals surface area contributed by atoms with Crippen LogP contribution in [0.5, 0.6) is 0 Å². The van der Waals surface area contributed by atoms with Crippen molar-refractivity contribution < 1.29 is 0 Å². The van der Waals surface area contributed by atoms with Crippen LogP contribution in [0.2, 0.25) is 0 Å². The molecule has 2 aromatic rings. The van der Waals surface area contributed by atoms with Gasteiger partial charge < -0.3 is 5.32 Å². The van der Waals surface area contributed by atoms with Crippen LogP contribution in [0.1, 0.15) is 38.7 Å². The van der Waals surface area contributed by atoms with Crippen molar-refractivity contribution in [1.29, 1.82) is 0 Å². The van der Waals surface area contributed by atoms with Gasteiger partial charge in [-0.25, -0.2) is 9.97 Å². The predicted molar refractivity (Wildman–Crippen MR) is 77.2 cm³/mol. The van der Waals surface area contributed by atoms with Crippen LogP contribution in [0, 0.1) is 12.3 Å². The maximum absolute atomic E-state index is 4.44. The number of nitrogens with one attached hydrogen (secondary N) is 1. The van der Waals surface area contributed by atoms with Gasteiger partial charge in [0.25, 0.3) is 0 Å². The van der Waals surface area contributed by atoms with Gasteiger partial charge in [0.15, 0.2) is 0 Å². The molecule has 1 aliphatic rings. The van der Waals surface area contributed by atoms with Gasteiger partial charge in [0.2, 0.25) is 0 Å². The average Bonchev–Trinajstić information content (AvgIpc) is 2.85. The first-order valence-electron chi connectivity index (χ1n) is 6.53. The van der Waals surface area contributed by atoms with Crippen LogP contribution < -0.4 is 5.32 Å². The summed E-state index contributed by atoms with van der Waals surface area (Å²) in [5.41, 5.74) is 2.70. The van der Waals surface area contributed by atoms with E-state index in [2.05, 4.69) is 41.4 Å². The molecule has 3 rings (SSSR count). The molecule has 96 valence electrons. The Labute approximate surface area is 112 Å². The summed E-state index contributed by atoms with van der Waals surface area (Å²) >= 11 is 1.74. The van der Waals surface area contributed by atoms with Crippen LogP contribution in [0.3, 0.4) is 0 Å². The number of hydrogen-bond donors (Lipinski definition) is 1. The second kappa shape index (κ2) is 4.19. The van der Waals surface area contributed by atoms with Crippen LogP contribution in [-0.2, 0) is 0 Å². The molecule has 0 bridgehead atoms. The van der Waals surface area contributed by atoms with Gasteiger partial charge >= 0.3 is 0 Å². The highest BCUT2D eigenvalue weighted by Gasteiger charge is 2.34. The average molecular weight is 261 g/mol. The SMILES string of the molecule is Cc1csc2c(NC3CCCC3(C)C)ncnc12. The van der Waals surface area contributed by atoms with Gasteiger partial charge in [-0.15, -0.1) is 11.3 Å². The Hall–Kier alpha value is -1.16. The van der Waals surface area contributed by atoms with E-state index in [0.717, 1.165) is 11.3 Å². The first-order valence-corrected chi connectivity index (χ1v) is 7.41. The van der Waals surface area contributed by atoms with Gasteiger partial charge in [0.05, 0.1) is 10.2 Å². The number of aryl methyl sites for hydroxylation is 1. The number of aromatic nitrogens is 2. The Bertz CT molecular complexity index is 573. The summed E-state index contributed by atoms with van der Waals surface area (Å²) in [6.45, 7) is 6.79. The summed E-state index contributed by atoms with van der Waals surface area (Å²) in [6, 6.07) is 0.526. The van der Waals surface area contributed by atoms with Crippen LogP contribution >= 0.6 is 11.3 Å². The van der Waals surface area contributed by atoms with Crippen LogP contribution in [0.25, 0.3) is 10.2 Å². The molecule has 1 aliphatic carbocycles. The Kier molecular flexibility index (Phi) is 2.77. The molecule has 0 spiro atoms. The normalized spacial score (nSPS) is 22.5. The minimum atomic E-state index is 0.365. The number of nitrogens with zero attached hydrogens (tertiary/aromatic N) is 2. The van der Waals surface area contributed by atoms with Gasteiger partial charge in [0, 0.05) is 6.04 Å². The molecular formula is C14H19N3S. The van der Waals surface area contributed by atoms with Crippen molar-refractivity contribution in [3.63, 3.8) is 0 Å². The van der Waals surface area contributed by atoms with Crippen molar-refractivity contribution in [2.75, 3.05) is 5.32 Å². The molecule has 2 aromatic heterocycles. The van der Waals surface area contributed by atoms with Crippen molar-refractivity contribution in [1.82, 2.24) is 9.97 Å². The third-order valence-corrected chi connectivity index (χ3v) is 5.19. The summed E-state index contributed by atoms with van der Waals surface area (Å²) < 4.78 is 1.19. The lowest BCUT2D eigenvalue weighted by molar-refractivity contribution is 0.349. The molecule has 4 heteroatoms. The van der Waals surface area contributed by atoms with Gasteiger partial charge in [-0.3, -0.25) is 0 Å². The van der Waals surface area contributed by atoms with Crippen molar-refractivity contribution >= 4 is 27.4 Å².